The molecule has 1 unspecified atom stereocenters. The lowest BCUT2D eigenvalue weighted by Crippen LogP contribution is -2.26. The zero-order chi connectivity index (χ0) is 13.5. The molecule has 1 aromatic carbocycles. The Morgan fingerprint density at radius 3 is 2.83 bits per heavy atom. The minimum absolute atomic E-state index is 0.0140. The fourth-order valence-corrected chi connectivity index (χ4v) is 1.45. The fraction of sp³-hybridized carbons (Fsp3) is 0.417. The molecule has 0 saturated heterocycles. The maximum atomic E-state index is 13.1. The third kappa shape index (κ3) is 4.50. The van der Waals surface area contributed by atoms with Crippen LogP contribution < -0.4 is 4.74 Å². The molecule has 0 aromatic heterocycles. The largest absolute Gasteiger partial charge is 0.493 e. The van der Waals surface area contributed by atoms with E-state index in [0.717, 1.165) is 6.07 Å². The molecule has 1 aromatic rings. The highest BCUT2D eigenvalue weighted by atomic mass is 35.5. The molecule has 1 N–H and O–H groups in total. The summed E-state index contributed by atoms with van der Waals surface area (Å²) in [6.07, 6.45) is -0.722. The molecule has 0 fully saturated rings. The Kier molecular flexibility index (Phi) is 5.88. The number of halogens is 2. The van der Waals surface area contributed by atoms with Crippen molar-refractivity contribution in [1.29, 1.82) is 0 Å². The molecule has 18 heavy (non-hydrogen) atoms. The monoisotopic (exact) mass is 276 g/mol. The van der Waals surface area contributed by atoms with E-state index in [0.29, 0.717) is 12.4 Å². The maximum Gasteiger partial charge on any atom is 0.332 e. The Morgan fingerprint density at radius 1 is 1.56 bits per heavy atom. The number of rotatable bonds is 7. The summed E-state index contributed by atoms with van der Waals surface area (Å²) in [5.74, 6) is -1.31. The van der Waals surface area contributed by atoms with Gasteiger partial charge in [0.05, 0.1) is 11.6 Å². The summed E-state index contributed by atoms with van der Waals surface area (Å²) in [6, 6.07) is 4.05. The lowest BCUT2D eigenvalue weighted by Gasteiger charge is -2.13. The Morgan fingerprint density at radius 2 is 2.28 bits per heavy atom. The topological polar surface area (TPSA) is 55.8 Å². The maximum absolute atomic E-state index is 13.1. The lowest BCUT2D eigenvalue weighted by molar-refractivity contribution is -0.150. The molecule has 0 bridgehead atoms. The van der Waals surface area contributed by atoms with Crippen LogP contribution in [0.15, 0.2) is 18.2 Å². The highest BCUT2D eigenvalue weighted by Crippen LogP contribution is 2.20. The van der Waals surface area contributed by atoms with Gasteiger partial charge in [-0.1, -0.05) is 11.6 Å². The van der Waals surface area contributed by atoms with E-state index in [4.69, 9.17) is 26.2 Å². The normalized spacial score (nSPS) is 12.2. The van der Waals surface area contributed by atoms with E-state index in [2.05, 4.69) is 0 Å². The van der Waals surface area contributed by atoms with Gasteiger partial charge in [0, 0.05) is 19.1 Å². The van der Waals surface area contributed by atoms with E-state index in [1.54, 1.807) is 6.92 Å². The second-order valence-electron chi connectivity index (χ2n) is 3.50. The summed E-state index contributed by atoms with van der Waals surface area (Å²) in [5, 5.41) is 8.84. The van der Waals surface area contributed by atoms with Crippen LogP contribution in [-0.4, -0.2) is 30.4 Å². The Hall–Kier alpha value is -1.33. The van der Waals surface area contributed by atoms with E-state index in [9.17, 15) is 9.18 Å². The number of carboxylic acid groups (broad SMARTS) is 1. The third-order valence-electron chi connectivity index (χ3n) is 2.18. The molecule has 0 saturated carbocycles. The van der Waals surface area contributed by atoms with Crippen molar-refractivity contribution in [2.75, 3.05) is 13.2 Å². The first-order chi connectivity index (χ1) is 8.54. The number of carbonyl (C=O) groups is 1. The van der Waals surface area contributed by atoms with E-state index < -0.39 is 17.9 Å². The van der Waals surface area contributed by atoms with Gasteiger partial charge in [0.15, 0.2) is 6.10 Å². The zero-order valence-electron chi connectivity index (χ0n) is 9.86. The number of ether oxygens (including phenoxy) is 2. The summed E-state index contributed by atoms with van der Waals surface area (Å²) in [4.78, 5) is 10.8. The van der Waals surface area contributed by atoms with E-state index in [1.807, 2.05) is 0 Å². The molecule has 0 aliphatic carbocycles. The number of aliphatic carboxylic acids is 1. The molecule has 4 nitrogen and oxygen atoms in total. The zero-order valence-corrected chi connectivity index (χ0v) is 10.6. The molecule has 6 heteroatoms. The Labute approximate surface area is 109 Å². The Bertz CT molecular complexity index is 411. The molecular formula is C12H14ClFO4. The van der Waals surface area contributed by atoms with Gasteiger partial charge in [-0.25, -0.2) is 9.18 Å². The van der Waals surface area contributed by atoms with Crippen LogP contribution in [0, 0.1) is 5.82 Å². The predicted octanol–water partition coefficient (Wildman–Crippen LogP) is 2.74. The molecule has 1 atom stereocenters. The van der Waals surface area contributed by atoms with Gasteiger partial charge in [0.1, 0.15) is 11.6 Å². The second-order valence-corrected chi connectivity index (χ2v) is 3.90. The van der Waals surface area contributed by atoms with Crippen LogP contribution in [0.1, 0.15) is 13.3 Å². The predicted molar refractivity (Wildman–Crippen MR) is 64.6 cm³/mol. The molecule has 0 radical (unpaired) electrons. The van der Waals surface area contributed by atoms with Crippen LogP contribution in [0.5, 0.6) is 5.75 Å². The smallest absolute Gasteiger partial charge is 0.332 e. The number of hydrogen-bond donors (Lipinski definition) is 1. The van der Waals surface area contributed by atoms with Crippen LogP contribution in [0.3, 0.4) is 0 Å². The molecule has 1 rings (SSSR count). The third-order valence-corrected chi connectivity index (χ3v) is 2.49. The van der Waals surface area contributed by atoms with Crippen molar-refractivity contribution in [2.24, 2.45) is 0 Å². The van der Waals surface area contributed by atoms with Crippen molar-refractivity contribution in [3.63, 3.8) is 0 Å². The van der Waals surface area contributed by atoms with Crippen molar-refractivity contribution in [1.82, 2.24) is 0 Å². The second kappa shape index (κ2) is 7.18. The van der Waals surface area contributed by atoms with Gasteiger partial charge in [-0.05, 0) is 19.1 Å². The first-order valence-corrected chi connectivity index (χ1v) is 5.84. The summed E-state index contributed by atoms with van der Waals surface area (Å²) in [6.45, 7) is 2.15. The van der Waals surface area contributed by atoms with Crippen molar-refractivity contribution < 1.29 is 23.8 Å². The molecule has 100 valence electrons. The lowest BCUT2D eigenvalue weighted by atomic mass is 10.2. The van der Waals surface area contributed by atoms with Gasteiger partial charge in [0.2, 0.25) is 0 Å². The minimum Gasteiger partial charge on any atom is -0.493 e. The molecule has 0 heterocycles. The van der Waals surface area contributed by atoms with Gasteiger partial charge in [0.25, 0.3) is 0 Å². The molecule has 0 aliphatic heterocycles. The summed E-state index contributed by atoms with van der Waals surface area (Å²) >= 11 is 5.52. The molecule has 0 spiro atoms. The van der Waals surface area contributed by atoms with Gasteiger partial charge in [-0.2, -0.15) is 0 Å². The van der Waals surface area contributed by atoms with Crippen molar-refractivity contribution in [3.8, 4) is 5.75 Å². The van der Waals surface area contributed by atoms with Gasteiger partial charge in [-0.15, -0.1) is 0 Å². The summed E-state index contributed by atoms with van der Waals surface area (Å²) in [7, 11) is 0. The van der Waals surface area contributed by atoms with Gasteiger partial charge >= 0.3 is 5.97 Å². The van der Waals surface area contributed by atoms with Gasteiger partial charge in [-0.3, -0.25) is 0 Å². The van der Waals surface area contributed by atoms with Crippen LogP contribution in [0.2, 0.25) is 5.02 Å². The average molecular weight is 277 g/mol. The number of hydrogen-bond acceptors (Lipinski definition) is 3. The van der Waals surface area contributed by atoms with E-state index in [-0.39, 0.29) is 18.1 Å². The standard InChI is InChI=1S/C12H14ClFO4/c1-2-17-11(12(15)16)5-6-18-8-3-4-9(13)10(14)7-8/h3-4,7,11H,2,5-6H2,1H3,(H,15,16). The van der Waals surface area contributed by atoms with E-state index in [1.165, 1.54) is 12.1 Å². The van der Waals surface area contributed by atoms with Crippen LogP contribution in [-0.2, 0) is 9.53 Å². The molecule has 0 amide bonds. The SMILES string of the molecule is CCOC(CCOc1ccc(Cl)c(F)c1)C(=O)O. The van der Waals surface area contributed by atoms with E-state index >= 15 is 0 Å². The van der Waals surface area contributed by atoms with Crippen molar-refractivity contribution in [3.05, 3.63) is 29.0 Å². The van der Waals surface area contributed by atoms with Crippen LogP contribution >= 0.6 is 11.6 Å². The molecule has 0 aliphatic rings. The minimum atomic E-state index is -1.04. The number of benzene rings is 1. The quantitative estimate of drug-likeness (QED) is 0.832. The molecular weight excluding hydrogens is 263 g/mol. The Balaban J connectivity index is 2.44. The van der Waals surface area contributed by atoms with Crippen LogP contribution in [0.4, 0.5) is 4.39 Å². The van der Waals surface area contributed by atoms with Crippen molar-refractivity contribution in [2.45, 2.75) is 19.4 Å². The summed E-state index contributed by atoms with van der Waals surface area (Å²) < 4.78 is 23.3. The average Bonchev–Trinajstić information content (AvgIpc) is 2.32. The van der Waals surface area contributed by atoms with Crippen LogP contribution in [0.25, 0.3) is 0 Å². The highest BCUT2D eigenvalue weighted by Gasteiger charge is 2.17. The highest BCUT2D eigenvalue weighted by molar-refractivity contribution is 6.30. The van der Waals surface area contributed by atoms with Gasteiger partial charge < -0.3 is 14.6 Å². The summed E-state index contributed by atoms with van der Waals surface area (Å²) in [5.41, 5.74) is 0. The fourth-order valence-electron chi connectivity index (χ4n) is 1.33. The number of carboxylic acids is 1. The van der Waals surface area contributed by atoms with Crippen molar-refractivity contribution >= 4 is 17.6 Å². The first kappa shape index (κ1) is 14.7. The first-order valence-electron chi connectivity index (χ1n) is 5.46.